The first-order valence-electron chi connectivity index (χ1n) is 21.0. The number of nitrogens with zero attached hydrogens (tertiary/aromatic N) is 5. The first-order valence-corrected chi connectivity index (χ1v) is 21.0. The van der Waals surface area contributed by atoms with Gasteiger partial charge in [0.25, 0.3) is 5.67 Å². The van der Waals surface area contributed by atoms with Crippen molar-refractivity contribution in [1.82, 2.24) is 24.8 Å². The summed E-state index contributed by atoms with van der Waals surface area (Å²) in [4.78, 5) is 60.1. The standard InChI is InChI=1S/C43H65FN6O10/c1-12-32-43(8)35(50(40(55)60-43)19-14-13-18-49-23-30(46-47-49)28-16-15-17-29(45)21-28)26(4)33(51)24(2)22-41(6,56-11)37(27(5)36(53)42(7,44)39(54)58-32)59-38-34(52)31(48(9)10)20-25(3)57-38/h15-17,21,23-27,31-32,34-35,37-38,52H,12-14,18-20,22,45H2,1-11H3/t24-,25-,26+,27?,31+,32-,34-,35-,37-,38+,41-,42+,43-/m1/s1. The number of Topliss-reactive ketones (excluding diaryl/α,β-unsaturated/α-hetero) is 2. The number of alkyl halides is 1. The highest BCUT2D eigenvalue weighted by atomic mass is 19.1. The van der Waals surface area contributed by atoms with E-state index in [0.29, 0.717) is 37.2 Å². The molecule has 1 aromatic carbocycles. The van der Waals surface area contributed by atoms with E-state index in [2.05, 4.69) is 10.3 Å². The lowest BCUT2D eigenvalue weighted by Gasteiger charge is -2.47. The second kappa shape index (κ2) is 18.5. The van der Waals surface area contributed by atoms with Crippen LogP contribution < -0.4 is 5.73 Å². The molecule has 1 amide bonds. The molecule has 3 N–H and O–H groups in total. The van der Waals surface area contributed by atoms with Crippen molar-refractivity contribution >= 4 is 29.3 Å². The molecule has 1 unspecified atom stereocenters. The number of hydrogen-bond donors (Lipinski definition) is 2. The number of aliphatic hydroxyl groups excluding tert-OH is 1. The van der Waals surface area contributed by atoms with Gasteiger partial charge in [0, 0.05) is 55.2 Å². The van der Waals surface area contributed by atoms with Crippen LogP contribution in [0.4, 0.5) is 14.9 Å². The molecule has 0 radical (unpaired) electrons. The molecule has 3 aliphatic heterocycles. The second-order valence-electron chi connectivity index (χ2n) is 17.8. The van der Waals surface area contributed by atoms with Crippen LogP contribution in [0.15, 0.2) is 30.5 Å². The number of amides is 1. The molecule has 60 heavy (non-hydrogen) atoms. The molecule has 0 bridgehead atoms. The Balaban J connectivity index is 1.45. The number of nitrogens with two attached hydrogens (primary N) is 1. The minimum Gasteiger partial charge on any atom is -0.455 e. The monoisotopic (exact) mass is 844 g/mol. The van der Waals surface area contributed by atoms with E-state index in [1.165, 1.54) is 18.9 Å². The van der Waals surface area contributed by atoms with E-state index in [1.54, 1.807) is 45.4 Å². The fourth-order valence-electron chi connectivity index (χ4n) is 9.51. The van der Waals surface area contributed by atoms with Crippen molar-refractivity contribution in [1.29, 1.82) is 0 Å². The number of benzene rings is 1. The van der Waals surface area contributed by atoms with E-state index in [-0.39, 0.29) is 37.3 Å². The van der Waals surface area contributed by atoms with Gasteiger partial charge in [-0.3, -0.25) is 14.3 Å². The zero-order valence-corrected chi connectivity index (χ0v) is 36.9. The van der Waals surface area contributed by atoms with Crippen molar-refractivity contribution in [2.24, 2.45) is 17.8 Å². The third kappa shape index (κ3) is 9.39. The van der Waals surface area contributed by atoms with Gasteiger partial charge >= 0.3 is 12.1 Å². The molecule has 334 valence electrons. The van der Waals surface area contributed by atoms with E-state index in [0.717, 1.165) is 12.5 Å². The molecule has 0 spiro atoms. The van der Waals surface area contributed by atoms with Gasteiger partial charge in [0.2, 0.25) is 0 Å². The minimum absolute atomic E-state index is 0.0111. The SMILES string of the molecule is CC[C@H]1OC(=O)[C@@](C)(F)C(=O)C(C)[C@@H](O[C@@H]2O[C@H](C)C[C@H](N(C)C)[C@H]2O)[C@](C)(OC)C[C@@H](C)C(=O)[C@H](C)[C@H]2N(CCCCn3cc(-c4cccc(N)c4)nn3)C(=O)O[C@]12C. The number of cyclic esters (lactones) is 1. The number of aliphatic hydroxyl groups is 1. The van der Waals surface area contributed by atoms with E-state index in [1.807, 2.05) is 50.3 Å². The van der Waals surface area contributed by atoms with Crippen molar-refractivity contribution in [3.63, 3.8) is 0 Å². The van der Waals surface area contributed by atoms with Crippen LogP contribution in [0.3, 0.4) is 0 Å². The Morgan fingerprint density at radius 1 is 1.05 bits per heavy atom. The predicted molar refractivity (Wildman–Crippen MR) is 219 cm³/mol. The number of ether oxygens (including phenoxy) is 5. The molecule has 17 heteroatoms. The van der Waals surface area contributed by atoms with Crippen LogP contribution in [0.25, 0.3) is 11.3 Å². The molecular weight excluding hydrogens is 780 g/mol. The molecule has 3 saturated heterocycles. The minimum atomic E-state index is -3.19. The van der Waals surface area contributed by atoms with Crippen molar-refractivity contribution in [2.75, 3.05) is 33.5 Å². The van der Waals surface area contributed by atoms with Crippen molar-refractivity contribution < 1.29 is 52.4 Å². The molecule has 3 fully saturated rings. The van der Waals surface area contributed by atoms with E-state index in [4.69, 9.17) is 29.4 Å². The normalized spacial score (nSPS) is 37.1. The Bertz CT molecular complexity index is 1860. The molecule has 2 aromatic rings. The molecule has 0 saturated carbocycles. The lowest BCUT2D eigenvalue weighted by molar-refractivity contribution is -0.295. The molecule has 1 aromatic heterocycles. The van der Waals surface area contributed by atoms with Gasteiger partial charge in [-0.2, -0.15) is 0 Å². The topological polar surface area (TPSA) is 198 Å². The van der Waals surface area contributed by atoms with Gasteiger partial charge in [0.15, 0.2) is 17.7 Å². The maximum absolute atomic E-state index is 16.9. The molecule has 3 aliphatic rings. The Labute approximate surface area is 352 Å². The number of carbonyl (C=O) groups is 4. The number of nitrogen functional groups attached to an aromatic ring is 1. The van der Waals surface area contributed by atoms with Crippen LogP contribution in [0.2, 0.25) is 0 Å². The lowest BCUT2D eigenvalue weighted by Crippen LogP contribution is -2.61. The summed E-state index contributed by atoms with van der Waals surface area (Å²) < 4.78 is 49.2. The lowest BCUT2D eigenvalue weighted by atomic mass is 9.73. The third-order valence-corrected chi connectivity index (χ3v) is 12.9. The van der Waals surface area contributed by atoms with Crippen LogP contribution in [-0.2, 0) is 44.6 Å². The average molecular weight is 845 g/mol. The number of ketones is 2. The van der Waals surface area contributed by atoms with Crippen molar-refractivity contribution in [3.8, 4) is 11.3 Å². The zero-order chi connectivity index (χ0) is 44.5. The largest absolute Gasteiger partial charge is 0.455 e. The number of anilines is 1. The first-order chi connectivity index (χ1) is 28.1. The summed E-state index contributed by atoms with van der Waals surface area (Å²) in [6.07, 6.45) is -2.57. The number of fused-ring (bicyclic) bond motifs is 1. The summed E-state index contributed by atoms with van der Waals surface area (Å²) in [5.74, 6) is -5.85. The number of halogens is 1. The van der Waals surface area contributed by atoms with Gasteiger partial charge in [-0.05, 0) is 86.0 Å². The van der Waals surface area contributed by atoms with Crippen LogP contribution in [-0.4, -0.2) is 141 Å². The average Bonchev–Trinajstić information content (AvgIpc) is 3.78. The number of rotatable bonds is 11. The number of methoxy groups -OCH3 is 1. The Morgan fingerprint density at radius 2 is 1.73 bits per heavy atom. The number of unbranched alkanes of at least 4 members (excludes halogenated alkanes) is 1. The van der Waals surface area contributed by atoms with Gasteiger partial charge in [0.1, 0.15) is 23.7 Å². The van der Waals surface area contributed by atoms with Crippen molar-refractivity contribution in [2.45, 2.75) is 154 Å². The third-order valence-electron chi connectivity index (χ3n) is 12.9. The number of aromatic nitrogens is 3. The van der Waals surface area contributed by atoms with Gasteiger partial charge < -0.3 is 44.3 Å². The summed E-state index contributed by atoms with van der Waals surface area (Å²) >= 11 is 0. The summed E-state index contributed by atoms with van der Waals surface area (Å²) in [5.41, 5.74) is 1.80. The smallest absolute Gasteiger partial charge is 0.410 e. The van der Waals surface area contributed by atoms with Crippen LogP contribution in [0.1, 0.15) is 87.5 Å². The van der Waals surface area contributed by atoms with Gasteiger partial charge in [-0.15, -0.1) is 5.10 Å². The quantitative estimate of drug-likeness (QED) is 0.138. The summed E-state index contributed by atoms with van der Waals surface area (Å²) in [6, 6.07) is 6.02. The maximum Gasteiger partial charge on any atom is 0.410 e. The summed E-state index contributed by atoms with van der Waals surface area (Å²) in [7, 11) is 5.04. The van der Waals surface area contributed by atoms with Crippen LogP contribution in [0, 0.1) is 17.8 Å². The highest BCUT2D eigenvalue weighted by Crippen LogP contribution is 2.44. The molecule has 16 nitrogen and oxygen atoms in total. The molecular formula is C43H65FN6O10. The Kier molecular flexibility index (Phi) is 14.5. The number of aryl methyl sites for hydroxylation is 1. The zero-order valence-electron chi connectivity index (χ0n) is 36.9. The number of hydrogen-bond acceptors (Lipinski definition) is 14. The van der Waals surface area contributed by atoms with Crippen LogP contribution in [0.5, 0.6) is 0 Å². The molecule has 13 atom stereocenters. The van der Waals surface area contributed by atoms with E-state index < -0.39 is 83.1 Å². The fourth-order valence-corrected chi connectivity index (χ4v) is 9.51. The first kappa shape index (κ1) is 47.0. The fraction of sp³-hybridized carbons (Fsp3) is 0.721. The maximum atomic E-state index is 16.9. The van der Waals surface area contributed by atoms with Gasteiger partial charge in [-0.25, -0.2) is 14.0 Å². The Morgan fingerprint density at radius 3 is 2.37 bits per heavy atom. The number of carbonyl (C=O) groups excluding carboxylic acids is 4. The van der Waals surface area contributed by atoms with Gasteiger partial charge in [0.05, 0.1) is 30.0 Å². The van der Waals surface area contributed by atoms with Crippen molar-refractivity contribution in [3.05, 3.63) is 30.5 Å². The predicted octanol–water partition coefficient (Wildman–Crippen LogP) is 4.60. The molecule has 0 aliphatic carbocycles. The summed E-state index contributed by atoms with van der Waals surface area (Å²) in [6.45, 7) is 13.1. The summed E-state index contributed by atoms with van der Waals surface area (Å²) in [5, 5.41) is 19.9. The number of esters is 1. The molecule has 4 heterocycles. The van der Waals surface area contributed by atoms with Gasteiger partial charge in [-0.1, -0.05) is 45.0 Å². The van der Waals surface area contributed by atoms with E-state index in [9.17, 15) is 24.3 Å². The number of likely N-dealkylation sites (N-methyl/N-ethyl adjacent to an activating group) is 1. The van der Waals surface area contributed by atoms with E-state index >= 15 is 4.39 Å². The van der Waals surface area contributed by atoms with Crippen LogP contribution >= 0.6 is 0 Å². The highest BCUT2D eigenvalue weighted by Gasteiger charge is 2.61. The molecule has 5 rings (SSSR count). The highest BCUT2D eigenvalue weighted by molar-refractivity contribution is 6.08. The second-order valence-corrected chi connectivity index (χ2v) is 17.8. The Hall–Kier alpha value is -4.03.